The first-order valence-corrected chi connectivity index (χ1v) is 7.92. The van der Waals surface area contributed by atoms with Gasteiger partial charge in [0.05, 0.1) is 6.04 Å². The quantitative estimate of drug-likeness (QED) is 0.787. The summed E-state index contributed by atoms with van der Waals surface area (Å²) in [5.74, 6) is -0.390. The van der Waals surface area contributed by atoms with Crippen molar-refractivity contribution >= 4 is 17.6 Å². The summed E-state index contributed by atoms with van der Waals surface area (Å²) < 4.78 is 0. The minimum Gasteiger partial charge on any atom is -0.384 e. The maximum absolute atomic E-state index is 12.7. The Morgan fingerprint density at radius 3 is 2.32 bits per heavy atom. The van der Waals surface area contributed by atoms with Crippen LogP contribution in [0.4, 0.5) is 0 Å². The van der Waals surface area contributed by atoms with Gasteiger partial charge >= 0.3 is 0 Å². The number of Topliss-reactive ketones (excluding diaryl/α,β-unsaturated/α-hetero) is 1. The van der Waals surface area contributed by atoms with E-state index in [1.807, 2.05) is 13.8 Å². The van der Waals surface area contributed by atoms with Gasteiger partial charge in [0, 0.05) is 13.6 Å². The third kappa shape index (κ3) is 4.29. The minimum absolute atomic E-state index is 0.0454. The number of hydrogen-bond acceptors (Lipinski definition) is 4. The molecule has 0 aromatic heterocycles. The molecule has 0 bridgehead atoms. The lowest BCUT2D eigenvalue weighted by atomic mass is 9.99. The SMILES string of the molecule is CC(=O)[C@@H](CC(C)C)N(C)C(=O)[C@@H]1CCCN1C(=O)[C@H](C)O. The Labute approximate surface area is 132 Å². The van der Waals surface area contributed by atoms with E-state index in [-0.39, 0.29) is 11.7 Å². The summed E-state index contributed by atoms with van der Waals surface area (Å²) in [6.45, 7) is 7.39. The maximum atomic E-state index is 12.7. The monoisotopic (exact) mass is 312 g/mol. The lowest BCUT2D eigenvalue weighted by Crippen LogP contribution is -2.52. The summed E-state index contributed by atoms with van der Waals surface area (Å²) in [6.07, 6.45) is 0.804. The smallest absolute Gasteiger partial charge is 0.251 e. The van der Waals surface area contributed by atoms with Crippen LogP contribution in [0.1, 0.15) is 47.0 Å². The molecule has 0 aromatic carbocycles. The van der Waals surface area contributed by atoms with Crippen molar-refractivity contribution < 1.29 is 19.5 Å². The molecule has 0 radical (unpaired) electrons. The number of carbonyl (C=O) groups excluding carboxylic acids is 3. The number of likely N-dealkylation sites (tertiary alicyclic amines) is 1. The summed E-state index contributed by atoms with van der Waals surface area (Å²) in [5, 5.41) is 9.47. The van der Waals surface area contributed by atoms with Gasteiger partial charge in [0.15, 0.2) is 5.78 Å². The third-order valence-corrected chi connectivity index (χ3v) is 4.16. The van der Waals surface area contributed by atoms with Crippen molar-refractivity contribution in [2.24, 2.45) is 5.92 Å². The van der Waals surface area contributed by atoms with E-state index in [0.717, 1.165) is 6.42 Å². The van der Waals surface area contributed by atoms with Gasteiger partial charge in [-0.1, -0.05) is 13.8 Å². The summed E-state index contributed by atoms with van der Waals surface area (Å²) in [5.41, 5.74) is 0. The zero-order valence-corrected chi connectivity index (χ0v) is 14.2. The fraction of sp³-hybridized carbons (Fsp3) is 0.812. The highest BCUT2D eigenvalue weighted by molar-refractivity contribution is 5.93. The number of nitrogens with zero attached hydrogens (tertiary/aromatic N) is 2. The van der Waals surface area contributed by atoms with Crippen LogP contribution >= 0.6 is 0 Å². The number of rotatable bonds is 6. The molecule has 3 atom stereocenters. The second-order valence-corrected chi connectivity index (χ2v) is 6.57. The average molecular weight is 312 g/mol. The van der Waals surface area contributed by atoms with Gasteiger partial charge in [0.2, 0.25) is 5.91 Å². The van der Waals surface area contributed by atoms with E-state index in [0.29, 0.717) is 25.3 Å². The minimum atomic E-state index is -1.11. The van der Waals surface area contributed by atoms with Crippen molar-refractivity contribution in [1.82, 2.24) is 9.80 Å². The fourth-order valence-electron chi connectivity index (χ4n) is 2.96. The van der Waals surface area contributed by atoms with Gasteiger partial charge in [-0.05, 0) is 39.0 Å². The van der Waals surface area contributed by atoms with E-state index in [1.165, 1.54) is 23.6 Å². The highest BCUT2D eigenvalue weighted by atomic mass is 16.3. The molecule has 1 N–H and O–H groups in total. The molecule has 22 heavy (non-hydrogen) atoms. The molecule has 0 saturated carbocycles. The predicted molar refractivity (Wildman–Crippen MR) is 83.1 cm³/mol. The average Bonchev–Trinajstić information content (AvgIpc) is 2.90. The molecule has 1 fully saturated rings. The molecule has 6 heteroatoms. The molecule has 2 amide bonds. The zero-order valence-electron chi connectivity index (χ0n) is 14.2. The number of amides is 2. The number of aliphatic hydroxyl groups is 1. The maximum Gasteiger partial charge on any atom is 0.251 e. The molecule has 126 valence electrons. The Kier molecular flexibility index (Phi) is 6.53. The molecule has 0 spiro atoms. The standard InChI is InChI=1S/C16H28N2O4/c1-10(2)9-14(11(3)19)17(5)16(22)13-7-6-8-18(13)15(21)12(4)20/h10,12-14,20H,6-9H2,1-5H3/t12-,13-,14+/m0/s1. The van der Waals surface area contributed by atoms with Crippen LogP contribution in [0.15, 0.2) is 0 Å². The van der Waals surface area contributed by atoms with Gasteiger partial charge in [0.25, 0.3) is 5.91 Å². The van der Waals surface area contributed by atoms with Crippen LogP contribution in [0.5, 0.6) is 0 Å². The summed E-state index contributed by atoms with van der Waals surface area (Å²) in [6, 6.07) is -1.03. The van der Waals surface area contributed by atoms with E-state index < -0.39 is 24.1 Å². The number of ketones is 1. The molecule has 0 unspecified atom stereocenters. The highest BCUT2D eigenvalue weighted by Gasteiger charge is 2.39. The molecule has 1 heterocycles. The lowest BCUT2D eigenvalue weighted by molar-refractivity contribution is -0.149. The van der Waals surface area contributed by atoms with Crippen molar-refractivity contribution in [2.45, 2.75) is 65.1 Å². The van der Waals surface area contributed by atoms with Crippen LogP contribution in [-0.4, -0.2) is 64.3 Å². The summed E-state index contributed by atoms with van der Waals surface area (Å²) in [7, 11) is 1.63. The second kappa shape index (κ2) is 7.72. The topological polar surface area (TPSA) is 77.9 Å². The van der Waals surface area contributed by atoms with Gasteiger partial charge in [-0.15, -0.1) is 0 Å². The first-order valence-electron chi connectivity index (χ1n) is 7.92. The lowest BCUT2D eigenvalue weighted by Gasteiger charge is -2.33. The Hall–Kier alpha value is -1.43. The van der Waals surface area contributed by atoms with Gasteiger partial charge in [-0.2, -0.15) is 0 Å². The van der Waals surface area contributed by atoms with Crippen molar-refractivity contribution in [3.8, 4) is 0 Å². The van der Waals surface area contributed by atoms with Gasteiger partial charge < -0.3 is 14.9 Å². The second-order valence-electron chi connectivity index (χ2n) is 6.57. The van der Waals surface area contributed by atoms with Crippen LogP contribution in [-0.2, 0) is 14.4 Å². The first-order chi connectivity index (χ1) is 10.2. The molecule has 6 nitrogen and oxygen atoms in total. The van der Waals surface area contributed by atoms with Gasteiger partial charge in [0.1, 0.15) is 12.1 Å². The Morgan fingerprint density at radius 2 is 1.86 bits per heavy atom. The Balaban J connectivity index is 2.88. The van der Waals surface area contributed by atoms with E-state index >= 15 is 0 Å². The molecular formula is C16H28N2O4. The number of carbonyl (C=O) groups is 3. The number of hydrogen-bond donors (Lipinski definition) is 1. The Bertz CT molecular complexity index is 434. The third-order valence-electron chi connectivity index (χ3n) is 4.16. The van der Waals surface area contributed by atoms with Crippen LogP contribution in [0.2, 0.25) is 0 Å². The molecule has 0 aliphatic carbocycles. The zero-order chi connectivity index (χ0) is 17.0. The van der Waals surface area contributed by atoms with Crippen LogP contribution in [0, 0.1) is 5.92 Å². The first kappa shape index (κ1) is 18.6. The van der Waals surface area contributed by atoms with E-state index in [2.05, 4.69) is 0 Å². The van der Waals surface area contributed by atoms with Gasteiger partial charge in [-0.3, -0.25) is 14.4 Å². The number of likely N-dealkylation sites (N-methyl/N-ethyl adjacent to an activating group) is 1. The predicted octanol–water partition coefficient (Wildman–Crippen LogP) is 0.820. The highest BCUT2D eigenvalue weighted by Crippen LogP contribution is 2.22. The van der Waals surface area contributed by atoms with E-state index in [4.69, 9.17) is 0 Å². The summed E-state index contributed by atoms with van der Waals surface area (Å²) >= 11 is 0. The Morgan fingerprint density at radius 1 is 1.27 bits per heavy atom. The molecule has 1 aliphatic rings. The fourth-order valence-corrected chi connectivity index (χ4v) is 2.96. The van der Waals surface area contributed by atoms with Crippen molar-refractivity contribution in [3.05, 3.63) is 0 Å². The molecule has 0 aromatic rings. The van der Waals surface area contributed by atoms with Crippen molar-refractivity contribution in [2.75, 3.05) is 13.6 Å². The summed E-state index contributed by atoms with van der Waals surface area (Å²) in [4.78, 5) is 39.5. The van der Waals surface area contributed by atoms with Crippen LogP contribution in [0.3, 0.4) is 0 Å². The largest absolute Gasteiger partial charge is 0.384 e. The molecular weight excluding hydrogens is 284 g/mol. The van der Waals surface area contributed by atoms with Crippen molar-refractivity contribution in [3.63, 3.8) is 0 Å². The van der Waals surface area contributed by atoms with Crippen molar-refractivity contribution in [1.29, 1.82) is 0 Å². The van der Waals surface area contributed by atoms with Crippen LogP contribution in [0.25, 0.3) is 0 Å². The van der Waals surface area contributed by atoms with E-state index in [9.17, 15) is 19.5 Å². The van der Waals surface area contributed by atoms with Crippen LogP contribution < -0.4 is 0 Å². The van der Waals surface area contributed by atoms with Gasteiger partial charge in [-0.25, -0.2) is 0 Å². The normalized spacial score (nSPS) is 20.9. The number of aliphatic hydroxyl groups excluding tert-OH is 1. The molecule has 1 rings (SSSR count). The molecule has 1 aliphatic heterocycles. The van der Waals surface area contributed by atoms with E-state index in [1.54, 1.807) is 7.05 Å². The molecule has 1 saturated heterocycles.